The van der Waals surface area contributed by atoms with Gasteiger partial charge in [-0.3, -0.25) is 9.59 Å². The van der Waals surface area contributed by atoms with Gasteiger partial charge in [0, 0.05) is 10.7 Å². The third kappa shape index (κ3) is 4.03. The van der Waals surface area contributed by atoms with Gasteiger partial charge in [0.05, 0.1) is 11.1 Å². The summed E-state index contributed by atoms with van der Waals surface area (Å²) in [5.41, 5.74) is 11.3. The minimum Gasteiger partial charge on any atom is -0.449 e. The first kappa shape index (κ1) is 17.8. The summed E-state index contributed by atoms with van der Waals surface area (Å²) in [6.07, 6.45) is -1.10. The molecule has 0 aliphatic rings. The lowest BCUT2D eigenvalue weighted by Crippen LogP contribution is -2.30. The average molecular weight is 368 g/mol. The van der Waals surface area contributed by atoms with Gasteiger partial charge < -0.3 is 21.5 Å². The Balaban J connectivity index is 2.04. The van der Waals surface area contributed by atoms with E-state index < -0.39 is 23.9 Å². The van der Waals surface area contributed by atoms with Gasteiger partial charge in [0.15, 0.2) is 6.10 Å². The molecule has 2 rings (SSSR count). The van der Waals surface area contributed by atoms with Gasteiger partial charge in [0.2, 0.25) is 0 Å². The van der Waals surface area contributed by atoms with E-state index in [2.05, 4.69) is 5.32 Å². The summed E-state index contributed by atoms with van der Waals surface area (Å²) in [5, 5.41) is 4.79. The number of halogens is 1. The van der Waals surface area contributed by atoms with Crippen LogP contribution in [0.15, 0.2) is 29.6 Å². The molecule has 2 amide bonds. The van der Waals surface area contributed by atoms with E-state index in [4.69, 9.17) is 27.8 Å². The second kappa shape index (κ2) is 7.33. The van der Waals surface area contributed by atoms with Gasteiger partial charge in [-0.05, 0) is 36.6 Å². The highest BCUT2D eigenvalue weighted by Crippen LogP contribution is 2.23. The van der Waals surface area contributed by atoms with Gasteiger partial charge in [0.25, 0.3) is 11.8 Å². The van der Waals surface area contributed by atoms with Crippen LogP contribution in [-0.2, 0) is 9.53 Å². The van der Waals surface area contributed by atoms with E-state index in [1.54, 1.807) is 5.38 Å². The molecular formula is C15H14ClN3O4S. The molecule has 0 radical (unpaired) electrons. The molecule has 0 saturated heterocycles. The topological polar surface area (TPSA) is 125 Å². The van der Waals surface area contributed by atoms with Crippen molar-refractivity contribution < 1.29 is 19.1 Å². The number of carbonyl (C=O) groups excluding carboxylic acids is 3. The lowest BCUT2D eigenvalue weighted by molar-refractivity contribution is -0.123. The molecule has 2 aromatic rings. The molecule has 0 spiro atoms. The van der Waals surface area contributed by atoms with Crippen LogP contribution >= 0.6 is 22.9 Å². The zero-order valence-electron chi connectivity index (χ0n) is 12.5. The summed E-state index contributed by atoms with van der Waals surface area (Å²) < 4.78 is 5.08. The second-order valence-corrected chi connectivity index (χ2v) is 6.15. The number of esters is 1. The normalized spacial score (nSPS) is 11.6. The molecule has 1 unspecified atom stereocenters. The maximum atomic E-state index is 12.1. The van der Waals surface area contributed by atoms with E-state index in [9.17, 15) is 14.4 Å². The van der Waals surface area contributed by atoms with E-state index in [1.165, 1.54) is 31.2 Å². The lowest BCUT2D eigenvalue weighted by atomic mass is 10.2. The molecule has 9 heteroatoms. The van der Waals surface area contributed by atoms with Crippen LogP contribution in [0.2, 0.25) is 5.02 Å². The van der Waals surface area contributed by atoms with Gasteiger partial charge in [-0.15, -0.1) is 11.3 Å². The lowest BCUT2D eigenvalue weighted by Gasteiger charge is -2.14. The first-order valence-corrected chi connectivity index (χ1v) is 7.99. The van der Waals surface area contributed by atoms with Gasteiger partial charge in [-0.1, -0.05) is 11.6 Å². The van der Waals surface area contributed by atoms with Crippen LogP contribution in [0, 0.1) is 0 Å². The van der Waals surface area contributed by atoms with Crippen LogP contribution in [0.4, 0.5) is 10.7 Å². The van der Waals surface area contributed by atoms with Crippen molar-refractivity contribution in [3.63, 3.8) is 0 Å². The molecule has 24 heavy (non-hydrogen) atoms. The molecule has 1 aromatic heterocycles. The highest BCUT2D eigenvalue weighted by molar-refractivity contribution is 7.14. The number of thiophene rings is 1. The number of nitrogens with one attached hydrogen (secondary N) is 1. The largest absolute Gasteiger partial charge is 0.449 e. The summed E-state index contributed by atoms with van der Waals surface area (Å²) in [7, 11) is 0. The summed E-state index contributed by atoms with van der Waals surface area (Å²) in [5.74, 6) is -2.01. The number of rotatable bonds is 5. The molecule has 0 saturated carbocycles. The first-order chi connectivity index (χ1) is 11.3. The van der Waals surface area contributed by atoms with Crippen molar-refractivity contribution in [2.24, 2.45) is 5.73 Å². The Bertz CT molecular complexity index is 806. The number of ether oxygens (including phenoxy) is 1. The average Bonchev–Trinajstić information content (AvgIpc) is 2.95. The molecule has 0 bridgehead atoms. The van der Waals surface area contributed by atoms with Gasteiger partial charge in [0.1, 0.15) is 5.00 Å². The van der Waals surface area contributed by atoms with Crippen molar-refractivity contribution in [3.05, 3.63) is 45.8 Å². The Morgan fingerprint density at radius 3 is 2.58 bits per heavy atom. The number of hydrogen-bond donors (Lipinski definition) is 3. The monoisotopic (exact) mass is 367 g/mol. The van der Waals surface area contributed by atoms with Gasteiger partial charge in [-0.25, -0.2) is 4.79 Å². The Labute approximate surface area is 146 Å². The van der Waals surface area contributed by atoms with Crippen LogP contribution < -0.4 is 16.8 Å². The smallest absolute Gasteiger partial charge is 0.341 e. The standard InChI is InChI=1S/C15H14ClN3O4S/c1-7(13(21)19-14-10(12(18)20)4-5-24-14)23-15(22)9-3-2-8(16)6-11(9)17/h2-7H,17H2,1H3,(H2,18,20)(H,19,21). The Morgan fingerprint density at radius 2 is 1.96 bits per heavy atom. The molecule has 126 valence electrons. The Kier molecular flexibility index (Phi) is 5.42. The number of hydrogen-bond acceptors (Lipinski definition) is 6. The molecule has 0 fully saturated rings. The minimum atomic E-state index is -1.10. The zero-order chi connectivity index (χ0) is 17.9. The number of carbonyl (C=O) groups is 3. The quantitative estimate of drug-likeness (QED) is 0.552. The summed E-state index contributed by atoms with van der Waals surface area (Å²) in [6.45, 7) is 1.40. The predicted molar refractivity (Wildman–Crippen MR) is 92.2 cm³/mol. The number of primary amides is 1. The molecule has 7 nitrogen and oxygen atoms in total. The zero-order valence-corrected chi connectivity index (χ0v) is 14.1. The minimum absolute atomic E-state index is 0.105. The van der Waals surface area contributed by atoms with Crippen LogP contribution in [0.5, 0.6) is 0 Å². The summed E-state index contributed by atoms with van der Waals surface area (Å²) >= 11 is 6.90. The third-order valence-electron chi connectivity index (χ3n) is 3.05. The van der Waals surface area contributed by atoms with Crippen molar-refractivity contribution in [2.45, 2.75) is 13.0 Å². The number of nitrogens with two attached hydrogens (primary N) is 2. The molecule has 5 N–H and O–H groups in total. The van der Waals surface area contributed by atoms with E-state index in [0.717, 1.165) is 11.3 Å². The second-order valence-electron chi connectivity index (χ2n) is 4.80. The number of anilines is 2. The highest BCUT2D eigenvalue weighted by Gasteiger charge is 2.22. The molecule has 0 aliphatic carbocycles. The molecule has 1 atom stereocenters. The molecule has 0 aliphatic heterocycles. The van der Waals surface area contributed by atoms with E-state index >= 15 is 0 Å². The fourth-order valence-electron chi connectivity index (χ4n) is 1.81. The fraction of sp³-hybridized carbons (Fsp3) is 0.133. The number of amides is 2. The number of benzene rings is 1. The number of nitrogen functional groups attached to an aromatic ring is 1. The van der Waals surface area contributed by atoms with E-state index in [0.29, 0.717) is 10.0 Å². The maximum Gasteiger partial charge on any atom is 0.341 e. The van der Waals surface area contributed by atoms with Crippen LogP contribution in [0.3, 0.4) is 0 Å². The summed E-state index contributed by atoms with van der Waals surface area (Å²) in [4.78, 5) is 35.4. The molecular weight excluding hydrogens is 354 g/mol. The van der Waals surface area contributed by atoms with Crippen LogP contribution in [0.1, 0.15) is 27.6 Å². The fourth-order valence-corrected chi connectivity index (χ4v) is 2.79. The Hall–Kier alpha value is -2.58. The highest BCUT2D eigenvalue weighted by atomic mass is 35.5. The van der Waals surface area contributed by atoms with Crippen molar-refractivity contribution in [1.82, 2.24) is 0 Å². The van der Waals surface area contributed by atoms with E-state index in [-0.39, 0.29) is 16.8 Å². The Morgan fingerprint density at radius 1 is 1.25 bits per heavy atom. The SMILES string of the molecule is CC(OC(=O)c1ccc(Cl)cc1N)C(=O)Nc1sccc1C(N)=O. The first-order valence-electron chi connectivity index (χ1n) is 6.73. The van der Waals surface area contributed by atoms with Crippen LogP contribution in [0.25, 0.3) is 0 Å². The molecule has 1 aromatic carbocycles. The molecule has 1 heterocycles. The predicted octanol–water partition coefficient (Wildman–Crippen LogP) is 2.27. The van der Waals surface area contributed by atoms with Crippen molar-refractivity contribution in [2.75, 3.05) is 11.1 Å². The van der Waals surface area contributed by atoms with Crippen molar-refractivity contribution >= 4 is 51.4 Å². The van der Waals surface area contributed by atoms with E-state index in [1.807, 2.05) is 0 Å². The maximum absolute atomic E-state index is 12.1. The van der Waals surface area contributed by atoms with Gasteiger partial charge >= 0.3 is 5.97 Å². The third-order valence-corrected chi connectivity index (χ3v) is 4.12. The van der Waals surface area contributed by atoms with Crippen molar-refractivity contribution in [1.29, 1.82) is 0 Å². The summed E-state index contributed by atoms with van der Waals surface area (Å²) in [6, 6.07) is 5.81. The van der Waals surface area contributed by atoms with Crippen LogP contribution in [-0.4, -0.2) is 23.9 Å². The van der Waals surface area contributed by atoms with Crippen molar-refractivity contribution in [3.8, 4) is 0 Å². The van der Waals surface area contributed by atoms with Gasteiger partial charge in [-0.2, -0.15) is 0 Å².